The van der Waals surface area contributed by atoms with E-state index in [0.717, 1.165) is 32.1 Å². The normalized spacial score (nSPS) is 23.7. The van der Waals surface area contributed by atoms with Gasteiger partial charge in [0.1, 0.15) is 0 Å². The average molecular weight is 223 g/mol. The molecule has 1 unspecified atom stereocenters. The summed E-state index contributed by atoms with van der Waals surface area (Å²) in [6.45, 7) is 5.22. The molecule has 1 atom stereocenters. The van der Waals surface area contributed by atoms with Crippen molar-refractivity contribution in [3.05, 3.63) is 11.6 Å². The zero-order valence-corrected chi connectivity index (χ0v) is 10.5. The van der Waals surface area contributed by atoms with Crippen molar-refractivity contribution in [2.24, 2.45) is 5.92 Å². The van der Waals surface area contributed by atoms with Gasteiger partial charge in [-0.2, -0.15) is 0 Å². The maximum absolute atomic E-state index is 5.31. The van der Waals surface area contributed by atoms with Crippen molar-refractivity contribution in [3.63, 3.8) is 0 Å². The van der Waals surface area contributed by atoms with E-state index in [0.29, 0.717) is 6.04 Å². The lowest BCUT2D eigenvalue weighted by atomic mass is 9.81. The second-order valence-electron chi connectivity index (χ2n) is 5.33. The standard InChI is InChI=1S/C14H25NO/c1-12(11-14-3-2-4-14)15-8-5-13-6-9-16-10-7-13/h6,12,14-15H,2-5,7-11H2,1H3. The van der Waals surface area contributed by atoms with Gasteiger partial charge in [-0.15, -0.1) is 0 Å². The van der Waals surface area contributed by atoms with E-state index >= 15 is 0 Å². The van der Waals surface area contributed by atoms with Crippen molar-refractivity contribution in [3.8, 4) is 0 Å². The van der Waals surface area contributed by atoms with Crippen molar-refractivity contribution < 1.29 is 4.74 Å². The van der Waals surface area contributed by atoms with Crippen LogP contribution in [0.1, 0.15) is 45.4 Å². The molecule has 2 aliphatic rings. The second-order valence-corrected chi connectivity index (χ2v) is 5.33. The minimum atomic E-state index is 0.700. The molecule has 0 aromatic rings. The molecule has 0 aromatic carbocycles. The minimum absolute atomic E-state index is 0.700. The van der Waals surface area contributed by atoms with Gasteiger partial charge in [-0.25, -0.2) is 0 Å². The molecule has 92 valence electrons. The fraction of sp³-hybridized carbons (Fsp3) is 0.857. The summed E-state index contributed by atoms with van der Waals surface area (Å²) < 4.78 is 5.31. The first-order valence-electron chi connectivity index (χ1n) is 6.83. The number of nitrogens with one attached hydrogen (secondary N) is 1. The van der Waals surface area contributed by atoms with Crippen molar-refractivity contribution in [1.29, 1.82) is 0 Å². The minimum Gasteiger partial charge on any atom is -0.377 e. The highest BCUT2D eigenvalue weighted by Gasteiger charge is 2.19. The van der Waals surface area contributed by atoms with E-state index in [1.807, 2.05) is 0 Å². The third-order valence-electron chi connectivity index (χ3n) is 3.91. The van der Waals surface area contributed by atoms with Crippen LogP contribution < -0.4 is 5.32 Å². The van der Waals surface area contributed by atoms with Crippen molar-refractivity contribution in [2.75, 3.05) is 19.8 Å². The van der Waals surface area contributed by atoms with E-state index in [1.54, 1.807) is 5.57 Å². The van der Waals surface area contributed by atoms with E-state index in [1.165, 1.54) is 32.1 Å². The van der Waals surface area contributed by atoms with Gasteiger partial charge in [-0.3, -0.25) is 0 Å². The summed E-state index contributed by atoms with van der Waals surface area (Å²) in [6, 6.07) is 0.700. The highest BCUT2D eigenvalue weighted by atomic mass is 16.5. The van der Waals surface area contributed by atoms with E-state index in [9.17, 15) is 0 Å². The van der Waals surface area contributed by atoms with Crippen molar-refractivity contribution in [2.45, 2.75) is 51.5 Å². The SMILES string of the molecule is CC(CC1CCC1)NCCC1=CCOCC1. The largest absolute Gasteiger partial charge is 0.377 e. The molecule has 0 bridgehead atoms. The van der Waals surface area contributed by atoms with Crippen LogP contribution in [-0.4, -0.2) is 25.8 Å². The molecule has 1 N–H and O–H groups in total. The molecule has 1 saturated carbocycles. The van der Waals surface area contributed by atoms with Gasteiger partial charge in [-0.05, 0) is 38.6 Å². The molecule has 0 amide bonds. The summed E-state index contributed by atoms with van der Waals surface area (Å²) in [7, 11) is 0. The van der Waals surface area contributed by atoms with Gasteiger partial charge in [0.25, 0.3) is 0 Å². The summed E-state index contributed by atoms with van der Waals surface area (Å²) in [4.78, 5) is 0. The van der Waals surface area contributed by atoms with Crippen LogP contribution >= 0.6 is 0 Å². The van der Waals surface area contributed by atoms with Gasteiger partial charge in [0.2, 0.25) is 0 Å². The summed E-state index contributed by atoms with van der Waals surface area (Å²) in [5.74, 6) is 1.02. The van der Waals surface area contributed by atoms with Crippen LogP contribution in [0.25, 0.3) is 0 Å². The Morgan fingerprint density at radius 3 is 3.00 bits per heavy atom. The smallest absolute Gasteiger partial charge is 0.0650 e. The molecule has 2 nitrogen and oxygen atoms in total. The fourth-order valence-corrected chi connectivity index (χ4v) is 2.58. The molecular formula is C14H25NO. The Hall–Kier alpha value is -0.340. The fourth-order valence-electron chi connectivity index (χ4n) is 2.58. The first kappa shape index (κ1) is 12.1. The van der Waals surface area contributed by atoms with Crippen LogP contribution in [0.5, 0.6) is 0 Å². The van der Waals surface area contributed by atoms with Gasteiger partial charge in [0.05, 0.1) is 13.2 Å². The number of ether oxygens (including phenoxy) is 1. The molecule has 1 fully saturated rings. The third-order valence-corrected chi connectivity index (χ3v) is 3.91. The first-order valence-corrected chi connectivity index (χ1v) is 6.83. The van der Waals surface area contributed by atoms with Gasteiger partial charge >= 0.3 is 0 Å². The lowest BCUT2D eigenvalue weighted by Crippen LogP contribution is -2.31. The van der Waals surface area contributed by atoms with Gasteiger partial charge in [0, 0.05) is 6.04 Å². The predicted molar refractivity (Wildman–Crippen MR) is 67.6 cm³/mol. The van der Waals surface area contributed by atoms with E-state index in [2.05, 4.69) is 18.3 Å². The van der Waals surface area contributed by atoms with Crippen LogP contribution in [0.15, 0.2) is 11.6 Å². The number of hydrogen-bond acceptors (Lipinski definition) is 2. The van der Waals surface area contributed by atoms with Crippen LogP contribution in [0, 0.1) is 5.92 Å². The lowest BCUT2D eigenvalue weighted by molar-refractivity contribution is 0.153. The molecule has 16 heavy (non-hydrogen) atoms. The first-order chi connectivity index (χ1) is 7.84. The summed E-state index contributed by atoms with van der Waals surface area (Å²) in [5.41, 5.74) is 1.58. The Morgan fingerprint density at radius 1 is 1.50 bits per heavy atom. The number of hydrogen-bond donors (Lipinski definition) is 1. The third kappa shape index (κ3) is 3.91. The van der Waals surface area contributed by atoms with E-state index in [4.69, 9.17) is 4.74 Å². The topological polar surface area (TPSA) is 21.3 Å². The van der Waals surface area contributed by atoms with Crippen LogP contribution in [0.3, 0.4) is 0 Å². The van der Waals surface area contributed by atoms with Crippen LogP contribution in [0.2, 0.25) is 0 Å². The molecule has 2 rings (SSSR count). The molecule has 1 aliphatic carbocycles. The van der Waals surface area contributed by atoms with Gasteiger partial charge < -0.3 is 10.1 Å². The predicted octanol–water partition coefficient (Wildman–Crippen LogP) is 2.89. The quantitative estimate of drug-likeness (QED) is 0.699. The molecule has 1 heterocycles. The Morgan fingerprint density at radius 2 is 2.38 bits per heavy atom. The summed E-state index contributed by atoms with van der Waals surface area (Å²) in [6.07, 6.45) is 10.4. The van der Waals surface area contributed by atoms with E-state index < -0.39 is 0 Å². The molecule has 1 aliphatic heterocycles. The Bertz CT molecular complexity index is 233. The Balaban J connectivity index is 1.54. The monoisotopic (exact) mass is 223 g/mol. The molecular weight excluding hydrogens is 198 g/mol. The second kappa shape index (κ2) is 6.41. The highest BCUT2D eigenvalue weighted by molar-refractivity contribution is 5.04. The Kier molecular flexibility index (Phi) is 4.86. The maximum atomic E-state index is 5.31. The van der Waals surface area contributed by atoms with Gasteiger partial charge in [0.15, 0.2) is 0 Å². The lowest BCUT2D eigenvalue weighted by Gasteiger charge is -2.28. The molecule has 2 heteroatoms. The number of rotatable bonds is 6. The summed E-state index contributed by atoms with van der Waals surface area (Å²) in [5, 5.41) is 3.65. The highest BCUT2D eigenvalue weighted by Crippen LogP contribution is 2.30. The van der Waals surface area contributed by atoms with Crippen molar-refractivity contribution in [1.82, 2.24) is 5.32 Å². The molecule has 0 spiro atoms. The summed E-state index contributed by atoms with van der Waals surface area (Å²) >= 11 is 0. The maximum Gasteiger partial charge on any atom is 0.0650 e. The van der Waals surface area contributed by atoms with Gasteiger partial charge in [-0.1, -0.05) is 30.9 Å². The average Bonchev–Trinajstić information content (AvgIpc) is 2.25. The van der Waals surface area contributed by atoms with Crippen LogP contribution in [0.4, 0.5) is 0 Å². The van der Waals surface area contributed by atoms with E-state index in [-0.39, 0.29) is 0 Å². The molecule has 0 radical (unpaired) electrons. The molecule has 0 saturated heterocycles. The van der Waals surface area contributed by atoms with Crippen molar-refractivity contribution >= 4 is 0 Å². The zero-order valence-electron chi connectivity index (χ0n) is 10.5. The zero-order chi connectivity index (χ0) is 11.2. The van der Waals surface area contributed by atoms with Crippen LogP contribution in [-0.2, 0) is 4.74 Å². The molecule has 0 aromatic heterocycles. The Labute approximate surface area is 99.4 Å².